The molecule has 1 aliphatic rings. The Labute approximate surface area is 182 Å². The SMILES string of the molecule is Cc1cc(S(=O)(=O)N(C)C)cc(NC(=O)CSc2nnc(C(C)C)n2C2CC2)c1C. The quantitative estimate of drug-likeness (QED) is 0.618. The van der Waals surface area contributed by atoms with Gasteiger partial charge in [-0.3, -0.25) is 4.79 Å². The molecular weight excluding hydrogens is 422 g/mol. The summed E-state index contributed by atoms with van der Waals surface area (Å²) in [5.41, 5.74) is 2.15. The second kappa shape index (κ2) is 8.68. The van der Waals surface area contributed by atoms with E-state index < -0.39 is 10.0 Å². The molecule has 0 aliphatic heterocycles. The minimum Gasteiger partial charge on any atom is -0.325 e. The van der Waals surface area contributed by atoms with Crippen molar-refractivity contribution in [2.75, 3.05) is 25.2 Å². The number of carbonyl (C=O) groups excluding carboxylic acids is 1. The number of hydrogen-bond acceptors (Lipinski definition) is 6. The fraction of sp³-hybridized carbons (Fsp3) is 0.550. The van der Waals surface area contributed by atoms with Gasteiger partial charge in [0.1, 0.15) is 5.82 Å². The molecule has 164 valence electrons. The molecule has 1 saturated carbocycles. The van der Waals surface area contributed by atoms with Crippen LogP contribution < -0.4 is 5.32 Å². The summed E-state index contributed by atoms with van der Waals surface area (Å²) in [5, 5.41) is 12.2. The average molecular weight is 452 g/mol. The van der Waals surface area contributed by atoms with Gasteiger partial charge in [-0.05, 0) is 49.9 Å². The molecule has 1 aromatic heterocycles. The summed E-state index contributed by atoms with van der Waals surface area (Å²) < 4.78 is 28.3. The van der Waals surface area contributed by atoms with Crippen molar-refractivity contribution in [1.29, 1.82) is 0 Å². The maximum absolute atomic E-state index is 12.6. The first-order chi connectivity index (χ1) is 14.0. The average Bonchev–Trinajstić information content (AvgIpc) is 3.41. The molecule has 0 atom stereocenters. The summed E-state index contributed by atoms with van der Waals surface area (Å²) in [6.07, 6.45) is 2.23. The molecule has 3 rings (SSSR count). The third-order valence-corrected chi connectivity index (χ3v) is 7.88. The van der Waals surface area contributed by atoms with Crippen LogP contribution in [0.3, 0.4) is 0 Å². The zero-order valence-corrected chi connectivity index (χ0v) is 19.9. The van der Waals surface area contributed by atoms with Gasteiger partial charge >= 0.3 is 0 Å². The number of benzene rings is 1. The number of aromatic nitrogens is 3. The van der Waals surface area contributed by atoms with E-state index >= 15 is 0 Å². The van der Waals surface area contributed by atoms with Gasteiger partial charge in [-0.25, -0.2) is 12.7 Å². The highest BCUT2D eigenvalue weighted by molar-refractivity contribution is 7.99. The number of rotatable bonds is 8. The smallest absolute Gasteiger partial charge is 0.242 e. The molecule has 0 spiro atoms. The van der Waals surface area contributed by atoms with Crippen LogP contribution in [0.4, 0.5) is 5.69 Å². The van der Waals surface area contributed by atoms with Crippen molar-refractivity contribution in [3.8, 4) is 0 Å². The van der Waals surface area contributed by atoms with Gasteiger partial charge in [-0.1, -0.05) is 25.6 Å². The number of amides is 1. The predicted octanol–water partition coefficient (Wildman–Crippen LogP) is 3.33. The highest BCUT2D eigenvalue weighted by atomic mass is 32.2. The Morgan fingerprint density at radius 3 is 2.50 bits per heavy atom. The second-order valence-corrected chi connectivity index (χ2v) is 11.2. The summed E-state index contributed by atoms with van der Waals surface area (Å²) in [6, 6.07) is 3.57. The van der Waals surface area contributed by atoms with Crippen LogP contribution in [0.5, 0.6) is 0 Å². The predicted molar refractivity (Wildman–Crippen MR) is 119 cm³/mol. The van der Waals surface area contributed by atoms with Gasteiger partial charge < -0.3 is 9.88 Å². The summed E-state index contributed by atoms with van der Waals surface area (Å²) in [4.78, 5) is 12.8. The van der Waals surface area contributed by atoms with Gasteiger partial charge in [-0.2, -0.15) is 0 Å². The van der Waals surface area contributed by atoms with E-state index in [9.17, 15) is 13.2 Å². The normalized spacial score (nSPS) is 14.5. The van der Waals surface area contributed by atoms with Crippen LogP contribution in [0.25, 0.3) is 0 Å². The first kappa shape index (κ1) is 22.8. The Morgan fingerprint density at radius 2 is 1.93 bits per heavy atom. The van der Waals surface area contributed by atoms with Crippen molar-refractivity contribution in [1.82, 2.24) is 19.1 Å². The van der Waals surface area contributed by atoms with Gasteiger partial charge in [0.15, 0.2) is 5.16 Å². The molecule has 1 aromatic carbocycles. The molecule has 10 heteroatoms. The lowest BCUT2D eigenvalue weighted by molar-refractivity contribution is -0.113. The molecule has 1 aliphatic carbocycles. The molecule has 1 fully saturated rings. The molecule has 8 nitrogen and oxygen atoms in total. The van der Waals surface area contributed by atoms with E-state index in [2.05, 4.69) is 33.9 Å². The van der Waals surface area contributed by atoms with Crippen LogP contribution in [-0.4, -0.2) is 53.2 Å². The summed E-state index contributed by atoms with van der Waals surface area (Å²) >= 11 is 1.36. The van der Waals surface area contributed by atoms with Crippen molar-refractivity contribution in [3.63, 3.8) is 0 Å². The Morgan fingerprint density at radius 1 is 1.27 bits per heavy atom. The largest absolute Gasteiger partial charge is 0.325 e. The van der Waals surface area contributed by atoms with Crippen LogP contribution >= 0.6 is 11.8 Å². The fourth-order valence-corrected chi connectivity index (χ4v) is 4.92. The molecule has 2 aromatic rings. The van der Waals surface area contributed by atoms with E-state index in [1.807, 2.05) is 13.8 Å². The van der Waals surface area contributed by atoms with Crippen molar-refractivity contribution >= 4 is 33.4 Å². The van der Waals surface area contributed by atoms with Gasteiger partial charge in [0.2, 0.25) is 15.9 Å². The third-order valence-electron chi connectivity index (χ3n) is 5.15. The summed E-state index contributed by atoms with van der Waals surface area (Å²) in [7, 11) is -0.614. The zero-order valence-electron chi connectivity index (χ0n) is 18.3. The molecule has 1 amide bonds. The number of nitrogens with zero attached hydrogens (tertiary/aromatic N) is 4. The Kier molecular flexibility index (Phi) is 6.59. The molecule has 0 unspecified atom stereocenters. The van der Waals surface area contributed by atoms with E-state index in [0.29, 0.717) is 11.7 Å². The minimum absolute atomic E-state index is 0.161. The number of sulfonamides is 1. The summed E-state index contributed by atoms with van der Waals surface area (Å²) in [6.45, 7) is 7.87. The first-order valence-electron chi connectivity index (χ1n) is 9.93. The fourth-order valence-electron chi connectivity index (χ4n) is 3.09. The molecule has 1 N–H and O–H groups in total. The van der Waals surface area contributed by atoms with E-state index in [1.54, 1.807) is 6.07 Å². The van der Waals surface area contributed by atoms with Gasteiger partial charge in [0.25, 0.3) is 0 Å². The molecule has 0 radical (unpaired) electrons. The van der Waals surface area contributed by atoms with E-state index in [4.69, 9.17) is 0 Å². The van der Waals surface area contributed by atoms with Crippen LogP contribution in [0.2, 0.25) is 0 Å². The number of nitrogens with one attached hydrogen (secondary N) is 1. The van der Waals surface area contributed by atoms with Gasteiger partial charge in [-0.15, -0.1) is 10.2 Å². The maximum atomic E-state index is 12.6. The molecule has 1 heterocycles. The zero-order chi connectivity index (χ0) is 22.2. The molecule has 0 saturated heterocycles. The van der Waals surface area contributed by atoms with Crippen molar-refractivity contribution < 1.29 is 13.2 Å². The Hall–Kier alpha value is -1.91. The molecule has 30 heavy (non-hydrogen) atoms. The topological polar surface area (TPSA) is 97.2 Å². The monoisotopic (exact) mass is 451 g/mol. The van der Waals surface area contributed by atoms with E-state index in [-0.39, 0.29) is 22.5 Å². The standard InChI is InChI=1S/C20H29N5O3S2/c1-12(2)19-22-23-20(25(19)15-7-8-15)29-11-18(26)21-17-10-16(9-13(3)14(17)4)30(27,28)24(5)6/h9-10,12,15H,7-8,11H2,1-6H3,(H,21,26). The highest BCUT2D eigenvalue weighted by Crippen LogP contribution is 2.40. The van der Waals surface area contributed by atoms with E-state index in [1.165, 1.54) is 31.9 Å². The molecular formula is C20H29N5O3S2. The minimum atomic E-state index is -3.59. The van der Waals surface area contributed by atoms with Crippen molar-refractivity contribution in [3.05, 3.63) is 29.1 Å². The number of aryl methyl sites for hydroxylation is 1. The lowest BCUT2D eigenvalue weighted by atomic mass is 10.1. The Bertz CT molecular complexity index is 1060. The van der Waals surface area contributed by atoms with Gasteiger partial charge in [0.05, 0.1) is 10.6 Å². The number of anilines is 1. The van der Waals surface area contributed by atoms with Crippen LogP contribution in [0.15, 0.2) is 22.2 Å². The van der Waals surface area contributed by atoms with Crippen LogP contribution in [-0.2, 0) is 14.8 Å². The maximum Gasteiger partial charge on any atom is 0.242 e. The van der Waals surface area contributed by atoms with Crippen molar-refractivity contribution in [2.45, 2.75) is 62.5 Å². The lowest BCUT2D eigenvalue weighted by Gasteiger charge is -2.16. The number of carbonyl (C=O) groups is 1. The molecule has 0 bridgehead atoms. The highest BCUT2D eigenvalue weighted by Gasteiger charge is 2.30. The Balaban J connectivity index is 1.75. The lowest BCUT2D eigenvalue weighted by Crippen LogP contribution is -2.23. The third kappa shape index (κ3) is 4.70. The number of hydrogen-bond donors (Lipinski definition) is 1. The summed E-state index contributed by atoms with van der Waals surface area (Å²) in [5.74, 6) is 1.19. The van der Waals surface area contributed by atoms with Crippen LogP contribution in [0, 0.1) is 13.8 Å². The van der Waals surface area contributed by atoms with Crippen molar-refractivity contribution in [2.24, 2.45) is 0 Å². The van der Waals surface area contributed by atoms with E-state index in [0.717, 1.165) is 39.3 Å². The van der Waals surface area contributed by atoms with Gasteiger partial charge in [0, 0.05) is 31.7 Å². The first-order valence-corrected chi connectivity index (χ1v) is 12.4. The number of thioether (sulfide) groups is 1. The second-order valence-electron chi connectivity index (χ2n) is 8.13. The van der Waals surface area contributed by atoms with Crippen LogP contribution in [0.1, 0.15) is 55.6 Å².